The van der Waals surface area contributed by atoms with E-state index in [1.165, 1.54) is 51.5 Å². The monoisotopic (exact) mass is 330 g/mol. The van der Waals surface area contributed by atoms with Crippen LogP contribution in [-0.2, 0) is 6.54 Å². The first kappa shape index (κ1) is 15.4. The topological polar surface area (TPSA) is 29.3 Å². The quantitative estimate of drug-likeness (QED) is 0.724. The smallest absolute Gasteiger partial charge is 0.227 e. The van der Waals surface area contributed by atoms with E-state index in [1.807, 2.05) is 0 Å². The van der Waals surface area contributed by atoms with Crippen molar-refractivity contribution in [1.82, 2.24) is 9.88 Å². The van der Waals surface area contributed by atoms with Gasteiger partial charge in [-0.3, -0.25) is 4.90 Å². The Morgan fingerprint density at radius 3 is 2.74 bits per heavy atom. The molecule has 0 amide bonds. The summed E-state index contributed by atoms with van der Waals surface area (Å²) in [6.07, 6.45) is 9.76. The lowest BCUT2D eigenvalue weighted by Crippen LogP contribution is -2.38. The molecule has 0 N–H and O–H groups in total. The standard InChI is InChI=1S/C19H26N2OS/c1-14-18(20-19(22-14)16-9-10-23-13-16)12-21(11-15-7-8-15)17-5-3-2-4-6-17/h9-10,13,15,17H,2-8,11-12H2,1H3. The van der Waals surface area contributed by atoms with Gasteiger partial charge in [-0.05, 0) is 50.0 Å². The normalized spacial score (nSPS) is 19.6. The van der Waals surface area contributed by atoms with Gasteiger partial charge in [0.1, 0.15) is 5.76 Å². The third kappa shape index (κ3) is 3.69. The average Bonchev–Trinajstić information content (AvgIpc) is 3.08. The van der Waals surface area contributed by atoms with E-state index in [9.17, 15) is 0 Å². The molecular formula is C19H26N2OS. The van der Waals surface area contributed by atoms with E-state index in [4.69, 9.17) is 9.40 Å². The molecule has 0 unspecified atom stereocenters. The van der Waals surface area contributed by atoms with Gasteiger partial charge in [0, 0.05) is 30.1 Å². The van der Waals surface area contributed by atoms with Crippen LogP contribution in [0, 0.1) is 12.8 Å². The molecule has 0 bridgehead atoms. The largest absolute Gasteiger partial charge is 0.441 e. The zero-order valence-corrected chi connectivity index (χ0v) is 14.8. The summed E-state index contributed by atoms with van der Waals surface area (Å²) < 4.78 is 5.94. The Morgan fingerprint density at radius 2 is 2.04 bits per heavy atom. The van der Waals surface area contributed by atoms with Crippen LogP contribution in [0.15, 0.2) is 21.2 Å². The van der Waals surface area contributed by atoms with Gasteiger partial charge in [-0.1, -0.05) is 19.3 Å². The minimum absolute atomic E-state index is 0.755. The average molecular weight is 330 g/mol. The lowest BCUT2D eigenvalue weighted by Gasteiger charge is -2.34. The summed E-state index contributed by atoms with van der Waals surface area (Å²) in [4.78, 5) is 7.52. The van der Waals surface area contributed by atoms with Gasteiger partial charge in [-0.2, -0.15) is 11.3 Å². The molecule has 0 spiro atoms. The summed E-state index contributed by atoms with van der Waals surface area (Å²) in [5.74, 6) is 2.71. The van der Waals surface area contributed by atoms with Crippen LogP contribution in [0.1, 0.15) is 56.4 Å². The molecule has 2 saturated carbocycles. The SMILES string of the molecule is Cc1oc(-c2ccsc2)nc1CN(CC1CC1)C1CCCCC1. The van der Waals surface area contributed by atoms with Crippen LogP contribution in [-0.4, -0.2) is 22.5 Å². The number of aromatic nitrogens is 1. The highest BCUT2D eigenvalue weighted by molar-refractivity contribution is 7.08. The molecule has 3 nitrogen and oxygen atoms in total. The van der Waals surface area contributed by atoms with Crippen molar-refractivity contribution >= 4 is 11.3 Å². The zero-order valence-electron chi connectivity index (χ0n) is 14.0. The Kier molecular flexibility index (Phi) is 4.54. The number of aryl methyl sites for hydroxylation is 1. The highest BCUT2D eigenvalue weighted by Gasteiger charge is 2.30. The maximum absolute atomic E-state index is 5.94. The van der Waals surface area contributed by atoms with Crippen molar-refractivity contribution in [2.45, 2.75) is 64.5 Å². The van der Waals surface area contributed by atoms with Crippen LogP contribution in [0.2, 0.25) is 0 Å². The van der Waals surface area contributed by atoms with E-state index in [0.29, 0.717) is 0 Å². The first-order valence-corrected chi connectivity index (χ1v) is 9.97. The fourth-order valence-corrected chi connectivity index (χ4v) is 4.33. The Balaban J connectivity index is 1.51. The highest BCUT2D eigenvalue weighted by Crippen LogP contribution is 2.34. The number of oxazole rings is 1. The van der Waals surface area contributed by atoms with Crippen molar-refractivity contribution < 1.29 is 4.42 Å². The van der Waals surface area contributed by atoms with E-state index in [-0.39, 0.29) is 0 Å². The van der Waals surface area contributed by atoms with Crippen molar-refractivity contribution in [3.8, 4) is 11.5 Å². The van der Waals surface area contributed by atoms with Crippen LogP contribution in [0.4, 0.5) is 0 Å². The lowest BCUT2D eigenvalue weighted by atomic mass is 9.94. The summed E-state index contributed by atoms with van der Waals surface area (Å²) in [6, 6.07) is 2.84. The lowest BCUT2D eigenvalue weighted by molar-refractivity contribution is 0.139. The first-order chi connectivity index (χ1) is 11.3. The molecule has 0 radical (unpaired) electrons. The van der Waals surface area contributed by atoms with E-state index in [1.54, 1.807) is 11.3 Å². The van der Waals surface area contributed by atoms with Gasteiger partial charge in [-0.25, -0.2) is 4.98 Å². The van der Waals surface area contributed by atoms with Crippen LogP contribution in [0.3, 0.4) is 0 Å². The minimum Gasteiger partial charge on any atom is -0.441 e. The van der Waals surface area contributed by atoms with E-state index < -0.39 is 0 Å². The fraction of sp³-hybridized carbons (Fsp3) is 0.632. The fourth-order valence-electron chi connectivity index (χ4n) is 3.70. The summed E-state index contributed by atoms with van der Waals surface area (Å²) in [5, 5.41) is 4.19. The molecule has 0 saturated heterocycles. The van der Waals surface area contributed by atoms with Crippen molar-refractivity contribution in [2.75, 3.05) is 6.54 Å². The molecule has 2 aliphatic carbocycles. The summed E-state index contributed by atoms with van der Waals surface area (Å²) >= 11 is 1.69. The Bertz CT molecular complexity index is 624. The number of nitrogens with zero attached hydrogens (tertiary/aromatic N) is 2. The highest BCUT2D eigenvalue weighted by atomic mass is 32.1. The minimum atomic E-state index is 0.755. The van der Waals surface area contributed by atoms with Crippen molar-refractivity contribution in [3.05, 3.63) is 28.3 Å². The summed E-state index contributed by atoms with van der Waals surface area (Å²) in [6.45, 7) is 4.28. The molecule has 0 aromatic carbocycles. The predicted octanol–water partition coefficient (Wildman–Crippen LogP) is 5.26. The molecule has 124 valence electrons. The van der Waals surface area contributed by atoms with Gasteiger partial charge >= 0.3 is 0 Å². The van der Waals surface area contributed by atoms with E-state index >= 15 is 0 Å². The molecule has 0 aliphatic heterocycles. The first-order valence-electron chi connectivity index (χ1n) is 9.02. The van der Waals surface area contributed by atoms with Gasteiger partial charge < -0.3 is 4.42 Å². The Morgan fingerprint density at radius 1 is 1.22 bits per heavy atom. The number of thiophene rings is 1. The van der Waals surface area contributed by atoms with Crippen LogP contribution in [0.25, 0.3) is 11.5 Å². The molecule has 2 aromatic heterocycles. The van der Waals surface area contributed by atoms with Gasteiger partial charge in [0.15, 0.2) is 0 Å². The number of hydrogen-bond donors (Lipinski definition) is 0. The van der Waals surface area contributed by atoms with Crippen LogP contribution in [0.5, 0.6) is 0 Å². The maximum atomic E-state index is 5.94. The van der Waals surface area contributed by atoms with Gasteiger partial charge in [0.2, 0.25) is 5.89 Å². The van der Waals surface area contributed by atoms with Gasteiger partial charge in [0.25, 0.3) is 0 Å². The third-order valence-electron chi connectivity index (χ3n) is 5.29. The summed E-state index contributed by atoms with van der Waals surface area (Å²) in [7, 11) is 0. The second-order valence-electron chi connectivity index (χ2n) is 7.20. The molecule has 2 aromatic rings. The van der Waals surface area contributed by atoms with Crippen LogP contribution < -0.4 is 0 Å². The number of hydrogen-bond acceptors (Lipinski definition) is 4. The predicted molar refractivity (Wildman–Crippen MR) is 94.6 cm³/mol. The van der Waals surface area contributed by atoms with Crippen molar-refractivity contribution in [3.63, 3.8) is 0 Å². The third-order valence-corrected chi connectivity index (χ3v) is 5.98. The second kappa shape index (κ2) is 6.78. The summed E-state index contributed by atoms with van der Waals surface area (Å²) in [5.41, 5.74) is 2.24. The molecule has 2 aliphatic rings. The van der Waals surface area contributed by atoms with E-state index in [2.05, 4.69) is 28.7 Å². The van der Waals surface area contributed by atoms with Crippen LogP contribution >= 0.6 is 11.3 Å². The second-order valence-corrected chi connectivity index (χ2v) is 7.98. The molecule has 4 heteroatoms. The Hall–Kier alpha value is -1.13. The Labute approximate surface area is 142 Å². The van der Waals surface area contributed by atoms with Crippen molar-refractivity contribution in [1.29, 1.82) is 0 Å². The zero-order chi connectivity index (χ0) is 15.6. The van der Waals surface area contributed by atoms with Crippen molar-refractivity contribution in [2.24, 2.45) is 5.92 Å². The molecule has 4 rings (SSSR count). The molecule has 0 atom stereocenters. The van der Waals surface area contributed by atoms with Gasteiger partial charge in [-0.15, -0.1) is 0 Å². The molecule has 2 fully saturated rings. The molecular weight excluding hydrogens is 304 g/mol. The number of rotatable bonds is 6. The maximum Gasteiger partial charge on any atom is 0.227 e. The van der Waals surface area contributed by atoms with E-state index in [0.717, 1.165) is 41.4 Å². The molecule has 23 heavy (non-hydrogen) atoms. The van der Waals surface area contributed by atoms with Gasteiger partial charge in [0.05, 0.1) is 5.69 Å². The molecule has 2 heterocycles.